The fourth-order valence-corrected chi connectivity index (χ4v) is 4.09. The molecular formula is C19H20F3NO2S. The lowest BCUT2D eigenvalue weighted by molar-refractivity contribution is -0.137. The van der Waals surface area contributed by atoms with Crippen molar-refractivity contribution < 1.29 is 22.7 Å². The molecule has 0 unspecified atom stereocenters. The molecule has 0 spiro atoms. The van der Waals surface area contributed by atoms with Crippen LogP contribution in [0.1, 0.15) is 39.7 Å². The molecule has 1 aliphatic rings. The Hall–Kier alpha value is -1.86. The summed E-state index contributed by atoms with van der Waals surface area (Å²) < 4.78 is 43.8. The largest absolute Gasteiger partial charge is 0.461 e. The smallest absolute Gasteiger partial charge is 0.416 e. The van der Waals surface area contributed by atoms with Gasteiger partial charge in [0.05, 0.1) is 12.2 Å². The lowest BCUT2D eigenvalue weighted by atomic mass is 9.85. The average molecular weight is 383 g/mol. The molecule has 7 heteroatoms. The van der Waals surface area contributed by atoms with E-state index in [1.807, 2.05) is 12.4 Å². The van der Waals surface area contributed by atoms with Gasteiger partial charge in [-0.2, -0.15) is 13.2 Å². The zero-order valence-electron chi connectivity index (χ0n) is 14.3. The SMILES string of the molecule is CN1CCC[C@H](COC(=O)c2cccs2)[C@@H]1c1ccc(C(F)(F)F)cc1. The highest BCUT2D eigenvalue weighted by atomic mass is 32.1. The van der Waals surface area contributed by atoms with Gasteiger partial charge in [-0.3, -0.25) is 4.90 Å². The third-order valence-electron chi connectivity index (χ3n) is 4.74. The Labute approximate surface area is 154 Å². The number of benzene rings is 1. The van der Waals surface area contributed by atoms with E-state index in [0.29, 0.717) is 4.88 Å². The Morgan fingerprint density at radius 1 is 1.27 bits per heavy atom. The zero-order chi connectivity index (χ0) is 18.7. The zero-order valence-corrected chi connectivity index (χ0v) is 15.1. The van der Waals surface area contributed by atoms with Crippen LogP contribution in [0, 0.1) is 5.92 Å². The fourth-order valence-electron chi connectivity index (χ4n) is 3.48. The van der Waals surface area contributed by atoms with Gasteiger partial charge in [-0.05, 0) is 55.6 Å². The summed E-state index contributed by atoms with van der Waals surface area (Å²) in [5.74, 6) is -0.297. The van der Waals surface area contributed by atoms with Crippen LogP contribution in [0.25, 0.3) is 0 Å². The van der Waals surface area contributed by atoms with Crippen LogP contribution in [0.3, 0.4) is 0 Å². The number of nitrogens with zero attached hydrogens (tertiary/aromatic N) is 1. The molecule has 26 heavy (non-hydrogen) atoms. The molecule has 0 amide bonds. The number of halogens is 3. The van der Waals surface area contributed by atoms with Gasteiger partial charge < -0.3 is 4.74 Å². The van der Waals surface area contributed by atoms with E-state index in [-0.39, 0.29) is 24.5 Å². The number of ether oxygens (including phenoxy) is 1. The number of hydrogen-bond acceptors (Lipinski definition) is 4. The minimum atomic E-state index is -4.34. The number of alkyl halides is 3. The molecule has 1 aliphatic heterocycles. The molecule has 0 bridgehead atoms. The van der Waals surface area contributed by atoms with E-state index in [1.165, 1.54) is 23.5 Å². The summed E-state index contributed by atoms with van der Waals surface area (Å²) in [6.07, 6.45) is -2.50. The van der Waals surface area contributed by atoms with Crippen molar-refractivity contribution in [2.24, 2.45) is 5.92 Å². The van der Waals surface area contributed by atoms with E-state index in [4.69, 9.17) is 4.74 Å². The van der Waals surface area contributed by atoms with E-state index >= 15 is 0 Å². The van der Waals surface area contributed by atoms with Gasteiger partial charge in [-0.25, -0.2) is 4.79 Å². The Morgan fingerprint density at radius 2 is 2.00 bits per heavy atom. The summed E-state index contributed by atoms with van der Waals surface area (Å²) in [6, 6.07) is 8.74. The lowest BCUT2D eigenvalue weighted by Crippen LogP contribution is -2.38. The van der Waals surface area contributed by atoms with Crippen molar-refractivity contribution in [1.29, 1.82) is 0 Å². The third-order valence-corrected chi connectivity index (χ3v) is 5.59. The maximum Gasteiger partial charge on any atom is 0.416 e. The van der Waals surface area contributed by atoms with Crippen molar-refractivity contribution in [3.63, 3.8) is 0 Å². The third kappa shape index (κ3) is 4.27. The molecule has 0 radical (unpaired) electrons. The Balaban J connectivity index is 1.73. The Bertz CT molecular complexity index is 728. The van der Waals surface area contributed by atoms with Crippen LogP contribution >= 0.6 is 11.3 Å². The number of carbonyl (C=O) groups excluding carboxylic acids is 1. The van der Waals surface area contributed by atoms with E-state index < -0.39 is 11.7 Å². The van der Waals surface area contributed by atoms with E-state index in [1.54, 1.807) is 12.1 Å². The molecule has 1 aromatic carbocycles. The monoisotopic (exact) mass is 383 g/mol. The second-order valence-electron chi connectivity index (χ2n) is 6.52. The minimum absolute atomic E-state index is 0.0504. The van der Waals surface area contributed by atoms with Crippen LogP contribution in [0.4, 0.5) is 13.2 Å². The Kier molecular flexibility index (Phi) is 5.67. The topological polar surface area (TPSA) is 29.5 Å². The molecule has 2 aromatic rings. The van der Waals surface area contributed by atoms with Gasteiger partial charge in [0.15, 0.2) is 0 Å². The first-order valence-electron chi connectivity index (χ1n) is 8.44. The quantitative estimate of drug-likeness (QED) is 0.696. The normalized spacial score (nSPS) is 21.5. The molecular weight excluding hydrogens is 363 g/mol. The maximum absolute atomic E-state index is 12.8. The molecule has 2 atom stereocenters. The Morgan fingerprint density at radius 3 is 2.62 bits per heavy atom. The van der Waals surface area contributed by atoms with Gasteiger partial charge in [-0.15, -0.1) is 11.3 Å². The highest BCUT2D eigenvalue weighted by molar-refractivity contribution is 7.11. The minimum Gasteiger partial charge on any atom is -0.461 e. The van der Waals surface area contributed by atoms with Crippen molar-refractivity contribution in [3.05, 3.63) is 57.8 Å². The van der Waals surface area contributed by atoms with E-state index in [0.717, 1.165) is 37.1 Å². The van der Waals surface area contributed by atoms with Crippen molar-refractivity contribution in [1.82, 2.24) is 4.90 Å². The number of thiophene rings is 1. The molecule has 1 aromatic heterocycles. The number of rotatable bonds is 4. The first-order chi connectivity index (χ1) is 12.4. The second-order valence-corrected chi connectivity index (χ2v) is 7.47. The summed E-state index contributed by atoms with van der Waals surface area (Å²) >= 11 is 1.33. The summed E-state index contributed by atoms with van der Waals surface area (Å²) in [5.41, 5.74) is 0.165. The van der Waals surface area contributed by atoms with Crippen molar-refractivity contribution >= 4 is 17.3 Å². The summed E-state index contributed by atoms with van der Waals surface area (Å²) in [7, 11) is 1.95. The van der Waals surface area contributed by atoms with E-state index in [2.05, 4.69) is 4.90 Å². The number of piperidine rings is 1. The summed E-state index contributed by atoms with van der Waals surface area (Å²) in [5, 5.41) is 1.82. The van der Waals surface area contributed by atoms with Gasteiger partial charge in [0.2, 0.25) is 0 Å². The van der Waals surface area contributed by atoms with E-state index in [9.17, 15) is 18.0 Å². The molecule has 2 heterocycles. The lowest BCUT2D eigenvalue weighted by Gasteiger charge is -2.39. The van der Waals surface area contributed by atoms with Crippen LogP contribution < -0.4 is 0 Å². The van der Waals surface area contributed by atoms with Gasteiger partial charge in [0, 0.05) is 12.0 Å². The fraction of sp³-hybridized carbons (Fsp3) is 0.421. The second kappa shape index (κ2) is 7.80. The molecule has 0 aliphatic carbocycles. The highest BCUT2D eigenvalue weighted by Gasteiger charge is 2.34. The molecule has 1 saturated heterocycles. The number of esters is 1. The molecule has 140 valence electrons. The van der Waals surface area contributed by atoms with Crippen molar-refractivity contribution in [2.75, 3.05) is 20.2 Å². The van der Waals surface area contributed by atoms with Crippen molar-refractivity contribution in [2.45, 2.75) is 25.1 Å². The van der Waals surface area contributed by atoms with Crippen LogP contribution in [0.5, 0.6) is 0 Å². The highest BCUT2D eigenvalue weighted by Crippen LogP contribution is 2.37. The predicted octanol–water partition coefficient (Wildman–Crippen LogP) is 5.01. The first kappa shape index (κ1) is 18.9. The van der Waals surface area contributed by atoms with Crippen LogP contribution in [-0.2, 0) is 10.9 Å². The van der Waals surface area contributed by atoms with Gasteiger partial charge in [0.25, 0.3) is 0 Å². The van der Waals surface area contributed by atoms with Gasteiger partial charge in [-0.1, -0.05) is 18.2 Å². The molecule has 0 N–H and O–H groups in total. The standard InChI is InChI=1S/C19H20F3NO2S/c1-23-10-2-4-14(12-25-18(24)16-5-3-11-26-16)17(23)13-6-8-15(9-7-13)19(20,21)22/h3,5-9,11,14,17H,2,4,10,12H2,1H3/t14-,17+/m1/s1. The van der Waals surface area contributed by atoms with Gasteiger partial charge >= 0.3 is 12.1 Å². The summed E-state index contributed by atoms with van der Waals surface area (Å²) in [4.78, 5) is 14.8. The molecule has 1 fully saturated rings. The van der Waals surface area contributed by atoms with Crippen LogP contribution in [-0.4, -0.2) is 31.1 Å². The number of carbonyl (C=O) groups is 1. The van der Waals surface area contributed by atoms with Crippen molar-refractivity contribution in [3.8, 4) is 0 Å². The van der Waals surface area contributed by atoms with Gasteiger partial charge in [0.1, 0.15) is 4.88 Å². The van der Waals surface area contributed by atoms with Crippen LogP contribution in [0.2, 0.25) is 0 Å². The molecule has 3 rings (SSSR count). The molecule has 3 nitrogen and oxygen atoms in total. The number of hydrogen-bond donors (Lipinski definition) is 0. The number of likely N-dealkylation sites (tertiary alicyclic amines) is 1. The summed E-state index contributed by atoms with van der Waals surface area (Å²) in [6.45, 7) is 1.12. The average Bonchev–Trinajstić information content (AvgIpc) is 3.14. The molecule has 0 saturated carbocycles. The maximum atomic E-state index is 12.8. The first-order valence-corrected chi connectivity index (χ1v) is 9.32. The predicted molar refractivity (Wildman–Crippen MR) is 94.1 cm³/mol. The van der Waals surface area contributed by atoms with Crippen LogP contribution in [0.15, 0.2) is 41.8 Å².